The number of rotatable bonds is 1. The Morgan fingerprint density at radius 1 is 1.53 bits per heavy atom. The maximum Gasteiger partial charge on any atom is 0.334 e. The van der Waals surface area contributed by atoms with E-state index < -0.39 is 12.1 Å². The number of carbonyl (C=O) groups excluding carboxylic acids is 1. The van der Waals surface area contributed by atoms with Crippen molar-refractivity contribution in [3.63, 3.8) is 0 Å². The van der Waals surface area contributed by atoms with Crippen LogP contribution in [0.4, 0.5) is 0 Å². The molecule has 1 heterocycles. The molecular formula is C15H22O4. The lowest BCUT2D eigenvalue weighted by atomic mass is 9.83. The molecule has 106 valence electrons. The number of hydrogen-bond acceptors (Lipinski definition) is 4. The average Bonchev–Trinajstić information content (AvgIpc) is 2.63. The summed E-state index contributed by atoms with van der Waals surface area (Å²) in [6.45, 7) is 5.82. The molecule has 0 amide bonds. The summed E-state index contributed by atoms with van der Waals surface area (Å²) < 4.78 is 5.31. The summed E-state index contributed by atoms with van der Waals surface area (Å²) in [5, 5.41) is 19.7. The van der Waals surface area contributed by atoms with Crippen molar-refractivity contribution in [2.45, 2.75) is 44.8 Å². The summed E-state index contributed by atoms with van der Waals surface area (Å²) in [7, 11) is 0. The molecular weight excluding hydrogens is 244 g/mol. The third-order valence-electron chi connectivity index (χ3n) is 4.15. The number of ether oxygens (including phenoxy) is 1. The molecule has 2 N–H and O–H groups in total. The zero-order valence-corrected chi connectivity index (χ0v) is 11.3. The number of carbonyl (C=O) groups is 1. The van der Waals surface area contributed by atoms with E-state index in [0.29, 0.717) is 12.0 Å². The smallest absolute Gasteiger partial charge is 0.334 e. The Labute approximate surface area is 113 Å². The highest BCUT2D eigenvalue weighted by Crippen LogP contribution is 2.36. The highest BCUT2D eigenvalue weighted by molar-refractivity contribution is 5.91. The van der Waals surface area contributed by atoms with Crippen LogP contribution in [0, 0.1) is 11.8 Å². The topological polar surface area (TPSA) is 66.8 Å². The lowest BCUT2D eigenvalue weighted by Gasteiger charge is -2.26. The number of aliphatic hydroxyl groups is 2. The van der Waals surface area contributed by atoms with Crippen molar-refractivity contribution in [2.24, 2.45) is 11.8 Å². The van der Waals surface area contributed by atoms with Gasteiger partial charge in [0.1, 0.15) is 6.10 Å². The summed E-state index contributed by atoms with van der Waals surface area (Å²) in [4.78, 5) is 11.6. The zero-order valence-electron chi connectivity index (χ0n) is 11.3. The zero-order chi connectivity index (χ0) is 14.0. The lowest BCUT2D eigenvalue weighted by molar-refractivity contribution is -0.140. The maximum absolute atomic E-state index is 11.6. The van der Waals surface area contributed by atoms with Crippen LogP contribution < -0.4 is 0 Å². The van der Waals surface area contributed by atoms with Crippen LogP contribution in [0.3, 0.4) is 0 Å². The summed E-state index contributed by atoms with van der Waals surface area (Å²) in [6, 6.07) is 0. The second-order valence-corrected chi connectivity index (χ2v) is 5.67. The molecule has 1 aliphatic carbocycles. The fourth-order valence-corrected chi connectivity index (χ4v) is 3.03. The summed E-state index contributed by atoms with van der Waals surface area (Å²) >= 11 is 0. The van der Waals surface area contributed by atoms with Crippen molar-refractivity contribution in [3.8, 4) is 0 Å². The van der Waals surface area contributed by atoms with Crippen molar-refractivity contribution in [3.05, 3.63) is 23.8 Å². The van der Waals surface area contributed by atoms with Crippen LogP contribution in [0.5, 0.6) is 0 Å². The Morgan fingerprint density at radius 3 is 2.95 bits per heavy atom. The number of allylic oxidation sites excluding steroid dienone is 1. The van der Waals surface area contributed by atoms with Gasteiger partial charge >= 0.3 is 5.97 Å². The highest BCUT2D eigenvalue weighted by atomic mass is 16.6. The molecule has 2 rings (SSSR count). The predicted molar refractivity (Wildman–Crippen MR) is 71.3 cm³/mol. The van der Waals surface area contributed by atoms with Gasteiger partial charge in [-0.05, 0) is 38.5 Å². The highest BCUT2D eigenvalue weighted by Gasteiger charge is 2.43. The first-order chi connectivity index (χ1) is 9.02. The number of hydrogen-bond donors (Lipinski definition) is 2. The summed E-state index contributed by atoms with van der Waals surface area (Å²) in [5.41, 5.74) is 1.45. The van der Waals surface area contributed by atoms with Crippen molar-refractivity contribution in [1.82, 2.24) is 0 Å². The van der Waals surface area contributed by atoms with Gasteiger partial charge in [-0.3, -0.25) is 0 Å². The maximum atomic E-state index is 11.6. The van der Waals surface area contributed by atoms with Crippen LogP contribution >= 0.6 is 0 Å². The molecule has 0 radical (unpaired) electrons. The Balaban J connectivity index is 2.27. The minimum Gasteiger partial charge on any atom is -0.458 e. The van der Waals surface area contributed by atoms with Gasteiger partial charge in [0.2, 0.25) is 0 Å². The average molecular weight is 266 g/mol. The second kappa shape index (κ2) is 5.88. The predicted octanol–water partition coefficient (Wildman–Crippen LogP) is 1.57. The fraction of sp³-hybridized carbons (Fsp3) is 0.667. The second-order valence-electron chi connectivity index (χ2n) is 5.67. The van der Waals surface area contributed by atoms with E-state index >= 15 is 0 Å². The number of esters is 1. The first-order valence-electron chi connectivity index (χ1n) is 6.89. The van der Waals surface area contributed by atoms with Gasteiger partial charge in [0.05, 0.1) is 12.0 Å². The van der Waals surface area contributed by atoms with E-state index in [1.54, 1.807) is 0 Å². The molecule has 2 aliphatic rings. The van der Waals surface area contributed by atoms with Gasteiger partial charge in [-0.25, -0.2) is 4.79 Å². The first kappa shape index (κ1) is 14.3. The third kappa shape index (κ3) is 3.07. The first-order valence-corrected chi connectivity index (χ1v) is 6.89. The van der Waals surface area contributed by atoms with Crippen molar-refractivity contribution < 1.29 is 19.7 Å². The molecule has 1 fully saturated rings. The Hall–Kier alpha value is -1.13. The van der Waals surface area contributed by atoms with Crippen LogP contribution in [-0.4, -0.2) is 35.0 Å². The fourth-order valence-electron chi connectivity index (χ4n) is 3.03. The molecule has 4 atom stereocenters. The van der Waals surface area contributed by atoms with Crippen LogP contribution in [0.1, 0.15) is 32.6 Å². The molecule has 0 saturated carbocycles. The van der Waals surface area contributed by atoms with E-state index in [4.69, 9.17) is 4.74 Å². The van der Waals surface area contributed by atoms with E-state index in [9.17, 15) is 15.0 Å². The minimum atomic E-state index is -0.735. The van der Waals surface area contributed by atoms with E-state index in [2.05, 4.69) is 6.58 Å². The van der Waals surface area contributed by atoms with E-state index in [1.807, 2.05) is 13.0 Å². The van der Waals surface area contributed by atoms with E-state index in [1.165, 1.54) is 0 Å². The van der Waals surface area contributed by atoms with Crippen LogP contribution in [-0.2, 0) is 9.53 Å². The van der Waals surface area contributed by atoms with Gasteiger partial charge < -0.3 is 14.9 Å². The summed E-state index contributed by atoms with van der Waals surface area (Å²) in [6.07, 6.45) is 4.10. The van der Waals surface area contributed by atoms with E-state index in [-0.39, 0.29) is 24.5 Å². The van der Waals surface area contributed by atoms with Gasteiger partial charge in [-0.2, -0.15) is 0 Å². The van der Waals surface area contributed by atoms with Gasteiger partial charge in [0.25, 0.3) is 0 Å². The normalized spacial score (nSPS) is 39.2. The monoisotopic (exact) mass is 266 g/mol. The Kier molecular flexibility index (Phi) is 4.42. The molecule has 1 aliphatic heterocycles. The largest absolute Gasteiger partial charge is 0.458 e. The third-order valence-corrected chi connectivity index (χ3v) is 4.15. The Bertz CT molecular complexity index is 399. The molecule has 0 aromatic heterocycles. The van der Waals surface area contributed by atoms with Gasteiger partial charge in [0.15, 0.2) is 0 Å². The van der Waals surface area contributed by atoms with Crippen molar-refractivity contribution >= 4 is 5.97 Å². The summed E-state index contributed by atoms with van der Waals surface area (Å²) in [5.74, 6) is -0.685. The van der Waals surface area contributed by atoms with Crippen LogP contribution in [0.25, 0.3) is 0 Å². The van der Waals surface area contributed by atoms with Gasteiger partial charge in [-0.15, -0.1) is 0 Å². The molecule has 19 heavy (non-hydrogen) atoms. The Morgan fingerprint density at radius 2 is 2.26 bits per heavy atom. The van der Waals surface area contributed by atoms with Crippen molar-refractivity contribution in [2.75, 3.05) is 6.61 Å². The minimum absolute atomic E-state index is 0.0894. The van der Waals surface area contributed by atoms with Crippen LogP contribution in [0.15, 0.2) is 23.8 Å². The van der Waals surface area contributed by atoms with Gasteiger partial charge in [-0.1, -0.05) is 18.2 Å². The standard InChI is InChI=1S/C15H22O4/c1-9-4-3-5-11(8-16)7-13-14(12(17)6-9)10(2)15(18)19-13/h6,11-14,16-17H,2-5,7-8H2,1H3/b9-6+/t11-,12+,13-,14+/m1/s1. The van der Waals surface area contributed by atoms with E-state index in [0.717, 1.165) is 24.8 Å². The molecule has 1 saturated heterocycles. The number of aliphatic hydroxyl groups excluding tert-OH is 2. The number of fused-ring (bicyclic) bond motifs is 1. The molecule has 4 heteroatoms. The molecule has 0 unspecified atom stereocenters. The van der Waals surface area contributed by atoms with Gasteiger partial charge in [0, 0.05) is 12.2 Å². The molecule has 0 aromatic rings. The molecule has 0 spiro atoms. The van der Waals surface area contributed by atoms with Crippen molar-refractivity contribution in [1.29, 1.82) is 0 Å². The molecule has 4 nitrogen and oxygen atoms in total. The lowest BCUT2D eigenvalue weighted by Crippen LogP contribution is -2.31. The van der Waals surface area contributed by atoms with Crippen LogP contribution in [0.2, 0.25) is 0 Å². The SMILES string of the molecule is C=C1C(=O)O[C@@H]2C[C@H](CO)CCC/C(C)=C/[C@H](O)[C@H]12. The quantitative estimate of drug-likeness (QED) is 0.429. The molecule has 0 bridgehead atoms. The molecule has 0 aromatic carbocycles.